The predicted molar refractivity (Wildman–Crippen MR) is 81.8 cm³/mol. The number of hydrogen-bond donors (Lipinski definition) is 4. The molecule has 0 aliphatic carbocycles. The van der Waals surface area contributed by atoms with Gasteiger partial charge in [-0.1, -0.05) is 17.7 Å². The van der Waals surface area contributed by atoms with E-state index in [9.17, 15) is 13.2 Å². The van der Waals surface area contributed by atoms with Crippen LogP contribution in [0.25, 0.3) is 0 Å². The van der Waals surface area contributed by atoms with Crippen LogP contribution in [0, 0.1) is 12.3 Å². The van der Waals surface area contributed by atoms with Crippen LogP contribution in [0.5, 0.6) is 0 Å². The van der Waals surface area contributed by atoms with Crippen LogP contribution in [0.15, 0.2) is 29.2 Å². The molecule has 1 atom stereocenters. The summed E-state index contributed by atoms with van der Waals surface area (Å²) in [5, 5.41) is 16.1. The molecule has 6 N–H and O–H groups in total. The molecule has 0 saturated heterocycles. The van der Waals surface area contributed by atoms with Crippen LogP contribution < -0.4 is 11.5 Å². The van der Waals surface area contributed by atoms with Gasteiger partial charge in [-0.15, -0.1) is 0 Å². The average Bonchev–Trinajstić information content (AvgIpc) is 2.42. The largest absolute Gasteiger partial charge is 0.480 e. The molecule has 22 heavy (non-hydrogen) atoms. The van der Waals surface area contributed by atoms with Gasteiger partial charge in [-0.2, -0.15) is 0 Å². The van der Waals surface area contributed by atoms with Crippen molar-refractivity contribution in [1.29, 1.82) is 5.41 Å². The Kier molecular flexibility index (Phi) is 5.89. The fraction of sp³-hybridized carbons (Fsp3) is 0.385. The van der Waals surface area contributed by atoms with Gasteiger partial charge in [-0.3, -0.25) is 10.2 Å². The lowest BCUT2D eigenvalue weighted by molar-refractivity contribution is -0.138. The minimum absolute atomic E-state index is 0.0239. The monoisotopic (exact) mass is 328 g/mol. The Bertz CT molecular complexity index is 643. The molecule has 0 radical (unpaired) electrons. The number of nitrogens with one attached hydrogen (secondary N) is 1. The maximum atomic E-state index is 12.5. The van der Waals surface area contributed by atoms with Crippen LogP contribution in [0.4, 0.5) is 0 Å². The summed E-state index contributed by atoms with van der Waals surface area (Å²) in [6.07, 6.45) is 0.265. The molecule has 1 aromatic rings. The lowest BCUT2D eigenvalue weighted by Gasteiger charge is -2.22. The van der Waals surface area contributed by atoms with Crippen molar-refractivity contribution in [2.24, 2.45) is 11.5 Å². The fourth-order valence-corrected chi connectivity index (χ4v) is 3.15. The second kappa shape index (κ2) is 7.23. The number of nitrogens with two attached hydrogens (primary N) is 2. The second-order valence-corrected chi connectivity index (χ2v) is 6.72. The van der Waals surface area contributed by atoms with Crippen molar-refractivity contribution in [3.05, 3.63) is 29.8 Å². The van der Waals surface area contributed by atoms with E-state index in [1.165, 1.54) is 12.1 Å². The third-order valence-electron chi connectivity index (χ3n) is 3.07. The number of hydrogen-bond acceptors (Lipinski definition) is 5. The number of guanidine groups is 1. The summed E-state index contributed by atoms with van der Waals surface area (Å²) in [6, 6.07) is 5.08. The van der Waals surface area contributed by atoms with E-state index in [4.69, 9.17) is 22.0 Å². The summed E-state index contributed by atoms with van der Waals surface area (Å²) < 4.78 is 25.6. The zero-order valence-corrected chi connectivity index (χ0v) is 13.0. The number of carboxylic acids is 1. The molecular formula is C13H20N4O4S. The Morgan fingerprint density at radius 3 is 2.36 bits per heavy atom. The molecular weight excluding hydrogens is 308 g/mol. The molecule has 0 fully saturated rings. The van der Waals surface area contributed by atoms with Crippen LogP contribution in [0.2, 0.25) is 0 Å². The van der Waals surface area contributed by atoms with Crippen LogP contribution in [0.1, 0.15) is 18.4 Å². The minimum atomic E-state index is -3.94. The van der Waals surface area contributed by atoms with Gasteiger partial charge >= 0.3 is 5.97 Å². The topological polar surface area (TPSA) is 151 Å². The molecule has 0 bridgehead atoms. The van der Waals surface area contributed by atoms with E-state index in [1.54, 1.807) is 12.1 Å². The molecule has 0 unspecified atom stereocenters. The van der Waals surface area contributed by atoms with E-state index in [2.05, 4.69) is 0 Å². The van der Waals surface area contributed by atoms with E-state index >= 15 is 0 Å². The molecule has 122 valence electrons. The van der Waals surface area contributed by atoms with E-state index < -0.39 is 28.0 Å². The lowest BCUT2D eigenvalue weighted by atomic mass is 10.2. The standard InChI is InChI=1S/C13H20N4O4S/c1-9-4-6-10(7-5-9)22(20,21)17(13(15)16)8-2-3-11(14)12(18)19/h4-7,11H,2-3,8,14H2,1H3,(H3,15,16)(H,18,19)/t11-/m0/s1. The number of aryl methyl sites for hydroxylation is 1. The van der Waals surface area contributed by atoms with E-state index in [0.717, 1.165) is 9.87 Å². The highest BCUT2D eigenvalue weighted by Gasteiger charge is 2.25. The molecule has 0 heterocycles. The van der Waals surface area contributed by atoms with Gasteiger partial charge in [0.05, 0.1) is 4.90 Å². The zero-order chi connectivity index (χ0) is 16.9. The number of sulfonamides is 1. The normalized spacial score (nSPS) is 12.6. The summed E-state index contributed by atoms with van der Waals surface area (Å²) in [5.74, 6) is -1.78. The molecule has 0 spiro atoms. The van der Waals surface area contributed by atoms with Gasteiger partial charge in [-0.05, 0) is 31.9 Å². The first kappa shape index (κ1) is 17.9. The highest BCUT2D eigenvalue weighted by atomic mass is 32.2. The SMILES string of the molecule is Cc1ccc(S(=O)(=O)N(CCC[C@H](N)C(=O)O)C(=N)N)cc1. The third-order valence-corrected chi connectivity index (χ3v) is 4.90. The Morgan fingerprint density at radius 2 is 1.91 bits per heavy atom. The van der Waals surface area contributed by atoms with Gasteiger partial charge in [0.1, 0.15) is 6.04 Å². The van der Waals surface area contributed by atoms with Crippen molar-refractivity contribution in [3.63, 3.8) is 0 Å². The molecule has 0 aliphatic rings. The molecule has 0 saturated carbocycles. The second-order valence-electron chi connectivity index (χ2n) is 4.86. The first-order valence-corrected chi connectivity index (χ1v) is 8.02. The highest BCUT2D eigenvalue weighted by molar-refractivity contribution is 7.89. The van der Waals surface area contributed by atoms with Gasteiger partial charge in [0, 0.05) is 6.54 Å². The Hall–Kier alpha value is -2.13. The first-order chi connectivity index (χ1) is 10.2. The van der Waals surface area contributed by atoms with E-state index in [1.807, 2.05) is 6.92 Å². The van der Waals surface area contributed by atoms with Crippen LogP contribution in [-0.2, 0) is 14.8 Å². The number of rotatable bonds is 7. The van der Waals surface area contributed by atoms with Gasteiger partial charge in [0.2, 0.25) is 5.96 Å². The number of benzene rings is 1. The summed E-state index contributed by atoms with van der Waals surface area (Å²) in [6.45, 7) is 1.72. The van der Waals surface area contributed by atoms with E-state index in [0.29, 0.717) is 0 Å². The molecule has 1 aromatic carbocycles. The number of aliphatic carboxylic acids is 1. The fourth-order valence-electron chi connectivity index (χ4n) is 1.79. The smallest absolute Gasteiger partial charge is 0.320 e. The highest BCUT2D eigenvalue weighted by Crippen LogP contribution is 2.17. The predicted octanol–water partition coefficient (Wildman–Crippen LogP) is 0.0713. The summed E-state index contributed by atoms with van der Waals surface area (Å²) >= 11 is 0. The maximum absolute atomic E-state index is 12.5. The number of nitrogens with zero attached hydrogens (tertiary/aromatic N) is 1. The Morgan fingerprint density at radius 1 is 1.36 bits per heavy atom. The molecule has 0 aromatic heterocycles. The van der Waals surface area contributed by atoms with Crippen LogP contribution in [-0.4, -0.2) is 42.3 Å². The molecule has 8 nitrogen and oxygen atoms in total. The minimum Gasteiger partial charge on any atom is -0.480 e. The summed E-state index contributed by atoms with van der Waals surface area (Å²) in [5.41, 5.74) is 11.6. The third kappa shape index (κ3) is 4.43. The quantitative estimate of drug-likeness (QED) is 0.411. The maximum Gasteiger partial charge on any atom is 0.320 e. The molecule has 1 rings (SSSR count). The van der Waals surface area contributed by atoms with Crippen molar-refractivity contribution in [3.8, 4) is 0 Å². The summed E-state index contributed by atoms with van der Waals surface area (Å²) in [7, 11) is -3.94. The molecule has 0 amide bonds. The van der Waals surface area contributed by atoms with Crippen molar-refractivity contribution in [1.82, 2.24) is 4.31 Å². The zero-order valence-electron chi connectivity index (χ0n) is 12.2. The van der Waals surface area contributed by atoms with Crippen molar-refractivity contribution in [2.75, 3.05) is 6.54 Å². The summed E-state index contributed by atoms with van der Waals surface area (Å²) in [4.78, 5) is 10.7. The Balaban J connectivity index is 2.88. The number of carbonyl (C=O) groups is 1. The van der Waals surface area contributed by atoms with Crippen molar-refractivity contribution < 1.29 is 18.3 Å². The van der Waals surface area contributed by atoms with Gasteiger partial charge < -0.3 is 16.6 Å². The lowest BCUT2D eigenvalue weighted by Crippen LogP contribution is -2.42. The van der Waals surface area contributed by atoms with Gasteiger partial charge in [-0.25, -0.2) is 12.7 Å². The van der Waals surface area contributed by atoms with Crippen LogP contribution in [0.3, 0.4) is 0 Å². The van der Waals surface area contributed by atoms with Gasteiger partial charge in [0.25, 0.3) is 10.0 Å². The van der Waals surface area contributed by atoms with E-state index in [-0.39, 0.29) is 24.3 Å². The number of carboxylic acid groups (broad SMARTS) is 1. The van der Waals surface area contributed by atoms with Crippen molar-refractivity contribution in [2.45, 2.75) is 30.7 Å². The Labute approximate surface area is 129 Å². The van der Waals surface area contributed by atoms with Crippen LogP contribution >= 0.6 is 0 Å². The average molecular weight is 328 g/mol. The van der Waals surface area contributed by atoms with Crippen molar-refractivity contribution >= 4 is 22.0 Å². The van der Waals surface area contributed by atoms with Gasteiger partial charge in [0.15, 0.2) is 0 Å². The molecule has 0 aliphatic heterocycles. The first-order valence-electron chi connectivity index (χ1n) is 6.58. The molecule has 9 heteroatoms.